The summed E-state index contributed by atoms with van der Waals surface area (Å²) in [5, 5.41) is 14.5. The first kappa shape index (κ1) is 18.6. The Morgan fingerprint density at radius 2 is 2.00 bits per heavy atom. The molecule has 0 bridgehead atoms. The van der Waals surface area contributed by atoms with E-state index in [-0.39, 0.29) is 36.0 Å². The van der Waals surface area contributed by atoms with Crippen LogP contribution in [0.4, 0.5) is 11.4 Å². The SMILES string of the molecule is CCOC(CN=[N+]=[N-])=Nc1ccc([N+](=O)[O-])cc1C(=O)c1ccccc1. The van der Waals surface area contributed by atoms with Gasteiger partial charge in [0.1, 0.15) is 6.54 Å². The molecular weight excluding hydrogens is 338 g/mol. The van der Waals surface area contributed by atoms with Crippen LogP contribution in [0.5, 0.6) is 0 Å². The number of carbonyl (C=O) groups is 1. The van der Waals surface area contributed by atoms with Gasteiger partial charge in [0, 0.05) is 22.6 Å². The van der Waals surface area contributed by atoms with Crippen molar-refractivity contribution in [2.45, 2.75) is 6.92 Å². The summed E-state index contributed by atoms with van der Waals surface area (Å²) in [6.07, 6.45) is 0. The summed E-state index contributed by atoms with van der Waals surface area (Å²) in [5.41, 5.74) is 8.86. The van der Waals surface area contributed by atoms with Gasteiger partial charge in [-0.3, -0.25) is 14.9 Å². The highest BCUT2D eigenvalue weighted by molar-refractivity contribution is 6.12. The van der Waals surface area contributed by atoms with E-state index in [0.29, 0.717) is 5.56 Å². The molecule has 0 aliphatic rings. The van der Waals surface area contributed by atoms with Crippen LogP contribution in [-0.2, 0) is 4.74 Å². The fourth-order valence-corrected chi connectivity index (χ4v) is 2.17. The summed E-state index contributed by atoms with van der Waals surface area (Å²) in [5.74, 6) is -0.297. The Balaban J connectivity index is 2.56. The lowest BCUT2D eigenvalue weighted by Crippen LogP contribution is -2.09. The third-order valence-corrected chi connectivity index (χ3v) is 3.30. The van der Waals surface area contributed by atoms with Crippen LogP contribution in [0.25, 0.3) is 10.4 Å². The molecule has 0 radical (unpaired) electrons. The highest BCUT2D eigenvalue weighted by Gasteiger charge is 2.18. The van der Waals surface area contributed by atoms with Gasteiger partial charge in [0.15, 0.2) is 11.7 Å². The average molecular weight is 353 g/mol. The van der Waals surface area contributed by atoms with Crippen LogP contribution < -0.4 is 0 Å². The van der Waals surface area contributed by atoms with Gasteiger partial charge in [-0.2, -0.15) is 0 Å². The Morgan fingerprint density at radius 1 is 1.27 bits per heavy atom. The standard InChI is InChI=1S/C17H15N5O4/c1-2-26-16(11-19-21-18)20-15-9-8-13(22(24)25)10-14(15)17(23)12-6-4-3-5-7-12/h3-10H,2,11H2,1H3. The van der Waals surface area contributed by atoms with Gasteiger partial charge in [-0.25, -0.2) is 4.99 Å². The number of aliphatic imine (C=N–C) groups is 1. The van der Waals surface area contributed by atoms with Crippen molar-refractivity contribution in [1.82, 2.24) is 0 Å². The lowest BCUT2D eigenvalue weighted by atomic mass is 10.0. The molecular formula is C17H15N5O4. The summed E-state index contributed by atoms with van der Waals surface area (Å²) >= 11 is 0. The number of rotatable bonds is 7. The monoisotopic (exact) mass is 353 g/mol. The van der Waals surface area contributed by atoms with Crippen molar-refractivity contribution in [2.24, 2.45) is 10.1 Å². The predicted molar refractivity (Wildman–Crippen MR) is 95.7 cm³/mol. The highest BCUT2D eigenvalue weighted by atomic mass is 16.6. The van der Waals surface area contributed by atoms with Gasteiger partial charge in [-0.1, -0.05) is 35.4 Å². The zero-order valence-electron chi connectivity index (χ0n) is 13.9. The first-order valence-electron chi connectivity index (χ1n) is 7.66. The fourth-order valence-electron chi connectivity index (χ4n) is 2.17. The van der Waals surface area contributed by atoms with Crippen molar-refractivity contribution in [3.63, 3.8) is 0 Å². The minimum Gasteiger partial charge on any atom is -0.481 e. The van der Waals surface area contributed by atoms with E-state index in [0.717, 1.165) is 0 Å². The molecule has 2 rings (SSSR count). The van der Waals surface area contributed by atoms with Crippen LogP contribution in [0.2, 0.25) is 0 Å². The van der Waals surface area contributed by atoms with E-state index >= 15 is 0 Å². The number of hydrogen-bond acceptors (Lipinski definition) is 6. The van der Waals surface area contributed by atoms with Gasteiger partial charge >= 0.3 is 0 Å². The quantitative estimate of drug-likeness (QED) is 0.108. The molecule has 9 heteroatoms. The Hall–Kier alpha value is -3.71. The Kier molecular flexibility index (Phi) is 6.41. The molecule has 0 heterocycles. The van der Waals surface area contributed by atoms with E-state index in [9.17, 15) is 14.9 Å². The first-order chi connectivity index (χ1) is 12.6. The molecule has 0 saturated carbocycles. The van der Waals surface area contributed by atoms with E-state index in [1.54, 1.807) is 37.3 Å². The number of carbonyl (C=O) groups excluding carboxylic acids is 1. The molecule has 2 aromatic rings. The van der Waals surface area contributed by atoms with Crippen LogP contribution in [0.3, 0.4) is 0 Å². The molecule has 132 valence electrons. The lowest BCUT2D eigenvalue weighted by molar-refractivity contribution is -0.384. The van der Waals surface area contributed by atoms with Crippen molar-refractivity contribution < 1.29 is 14.5 Å². The molecule has 0 fully saturated rings. The molecule has 0 amide bonds. The Bertz CT molecular complexity index is 889. The van der Waals surface area contributed by atoms with Crippen LogP contribution in [-0.4, -0.2) is 29.8 Å². The van der Waals surface area contributed by atoms with E-state index in [1.165, 1.54) is 18.2 Å². The van der Waals surface area contributed by atoms with Crippen molar-refractivity contribution in [1.29, 1.82) is 0 Å². The minimum absolute atomic E-state index is 0.0588. The van der Waals surface area contributed by atoms with Crippen molar-refractivity contribution >= 4 is 23.1 Å². The maximum absolute atomic E-state index is 12.8. The zero-order valence-corrected chi connectivity index (χ0v) is 13.9. The molecule has 26 heavy (non-hydrogen) atoms. The van der Waals surface area contributed by atoms with Gasteiger partial charge in [0.05, 0.1) is 22.8 Å². The Morgan fingerprint density at radius 3 is 2.62 bits per heavy atom. The van der Waals surface area contributed by atoms with Gasteiger partial charge in [0.2, 0.25) is 0 Å². The van der Waals surface area contributed by atoms with Crippen molar-refractivity contribution in [3.8, 4) is 0 Å². The summed E-state index contributed by atoms with van der Waals surface area (Å²) in [7, 11) is 0. The number of benzene rings is 2. The summed E-state index contributed by atoms with van der Waals surface area (Å²) < 4.78 is 5.31. The Labute approximate surface area is 148 Å². The topological polar surface area (TPSA) is 131 Å². The number of nitro groups is 1. The second-order valence-electron chi connectivity index (χ2n) is 4.98. The van der Waals surface area contributed by atoms with Gasteiger partial charge in [-0.05, 0) is 18.5 Å². The smallest absolute Gasteiger partial charge is 0.270 e. The third kappa shape index (κ3) is 4.65. The van der Waals surface area contributed by atoms with Gasteiger partial charge < -0.3 is 4.74 Å². The molecule has 0 spiro atoms. The molecule has 9 nitrogen and oxygen atoms in total. The van der Waals surface area contributed by atoms with Crippen LogP contribution in [0.1, 0.15) is 22.8 Å². The molecule has 2 aromatic carbocycles. The minimum atomic E-state index is -0.585. The molecule has 0 unspecified atom stereocenters. The number of azide groups is 1. The number of nitro benzene ring substituents is 1. The maximum Gasteiger partial charge on any atom is 0.270 e. The summed E-state index contributed by atoms with van der Waals surface area (Å²) in [6.45, 7) is 1.88. The third-order valence-electron chi connectivity index (χ3n) is 3.30. The second-order valence-corrected chi connectivity index (χ2v) is 4.98. The van der Waals surface area contributed by atoms with Crippen LogP contribution in [0.15, 0.2) is 58.6 Å². The number of hydrogen-bond donors (Lipinski definition) is 0. The van der Waals surface area contributed by atoms with E-state index in [2.05, 4.69) is 15.0 Å². The van der Waals surface area contributed by atoms with E-state index < -0.39 is 10.7 Å². The normalized spacial score (nSPS) is 10.7. The summed E-state index contributed by atoms with van der Waals surface area (Å²) in [6, 6.07) is 12.2. The molecule has 0 atom stereocenters. The lowest BCUT2D eigenvalue weighted by Gasteiger charge is -2.08. The highest BCUT2D eigenvalue weighted by Crippen LogP contribution is 2.27. The molecule has 0 aromatic heterocycles. The van der Waals surface area contributed by atoms with Crippen LogP contribution >= 0.6 is 0 Å². The molecule has 0 saturated heterocycles. The predicted octanol–water partition coefficient (Wildman–Crippen LogP) is 4.20. The molecule has 0 N–H and O–H groups in total. The van der Waals surface area contributed by atoms with Crippen molar-refractivity contribution in [3.05, 3.63) is 80.2 Å². The first-order valence-corrected chi connectivity index (χ1v) is 7.66. The molecule has 0 aliphatic carbocycles. The maximum atomic E-state index is 12.8. The van der Waals surface area contributed by atoms with E-state index in [4.69, 9.17) is 10.3 Å². The number of non-ortho nitro benzene ring substituents is 1. The molecule has 0 aliphatic heterocycles. The summed E-state index contributed by atoms with van der Waals surface area (Å²) in [4.78, 5) is 30.1. The largest absolute Gasteiger partial charge is 0.481 e. The fraction of sp³-hybridized carbons (Fsp3) is 0.176. The number of nitrogens with zero attached hydrogens (tertiary/aromatic N) is 5. The zero-order chi connectivity index (χ0) is 18.9. The number of ether oxygens (including phenoxy) is 1. The number of ketones is 1. The van der Waals surface area contributed by atoms with Crippen molar-refractivity contribution in [2.75, 3.05) is 13.2 Å². The van der Waals surface area contributed by atoms with Gasteiger partial charge in [-0.15, -0.1) is 0 Å². The average Bonchev–Trinajstić information content (AvgIpc) is 2.66. The van der Waals surface area contributed by atoms with Crippen LogP contribution in [0, 0.1) is 10.1 Å². The second kappa shape index (κ2) is 8.95. The van der Waals surface area contributed by atoms with Gasteiger partial charge in [0.25, 0.3) is 5.69 Å². The van der Waals surface area contributed by atoms with E-state index in [1.807, 2.05) is 0 Å².